The van der Waals surface area contributed by atoms with E-state index in [-0.39, 0.29) is 11.9 Å². The Balaban J connectivity index is 1.72. The maximum absolute atomic E-state index is 13.4. The van der Waals surface area contributed by atoms with Crippen LogP contribution in [0, 0.1) is 0 Å². The lowest BCUT2D eigenvalue weighted by Gasteiger charge is -2.25. The van der Waals surface area contributed by atoms with Gasteiger partial charge in [0.15, 0.2) is 0 Å². The first-order valence-electron chi connectivity index (χ1n) is 9.35. The van der Waals surface area contributed by atoms with Gasteiger partial charge in [-0.2, -0.15) is 0 Å². The van der Waals surface area contributed by atoms with Crippen LogP contribution in [0.15, 0.2) is 100 Å². The third kappa shape index (κ3) is 4.21. The van der Waals surface area contributed by atoms with Gasteiger partial charge in [-0.05, 0) is 60.5 Å². The van der Waals surface area contributed by atoms with Crippen molar-refractivity contribution in [3.05, 3.63) is 96.2 Å². The number of benzene rings is 3. The van der Waals surface area contributed by atoms with Crippen LogP contribution in [0.25, 0.3) is 0 Å². The lowest BCUT2D eigenvalue weighted by atomic mass is 10.1. The first kappa shape index (κ1) is 19.7. The summed E-state index contributed by atoms with van der Waals surface area (Å²) in [7, 11) is 0. The number of anilines is 2. The molecular weight excluding hydrogens is 396 g/mol. The molecule has 0 unspecified atom stereocenters. The van der Waals surface area contributed by atoms with E-state index >= 15 is 0 Å². The summed E-state index contributed by atoms with van der Waals surface area (Å²) in [5, 5.41) is 3.34. The minimum absolute atomic E-state index is 0.0216. The van der Waals surface area contributed by atoms with Crippen molar-refractivity contribution in [2.45, 2.75) is 15.8 Å². The summed E-state index contributed by atoms with van der Waals surface area (Å²) in [6.07, 6.45) is 6.11. The van der Waals surface area contributed by atoms with Gasteiger partial charge >= 0.3 is 0 Å². The Morgan fingerprint density at radius 1 is 0.828 bits per heavy atom. The minimum Gasteiger partial charge on any atom is -0.351 e. The quantitative estimate of drug-likeness (QED) is 0.482. The van der Waals surface area contributed by atoms with Gasteiger partial charge in [0.25, 0.3) is 5.91 Å². The molecule has 0 aromatic heterocycles. The largest absolute Gasteiger partial charge is 0.351 e. The number of carbonyl (C=O) groups is 1. The molecule has 1 aliphatic rings. The van der Waals surface area contributed by atoms with Gasteiger partial charge in [0, 0.05) is 21.2 Å². The van der Waals surface area contributed by atoms with E-state index in [0.717, 1.165) is 26.7 Å². The Morgan fingerprint density at radius 2 is 1.52 bits per heavy atom. The molecule has 1 amide bonds. The molecule has 1 aliphatic heterocycles. The summed E-state index contributed by atoms with van der Waals surface area (Å²) in [5.74, 6) is -0.0216. The number of nitrogens with zero attached hydrogens (tertiary/aromatic N) is 1. The van der Waals surface area contributed by atoms with Gasteiger partial charge < -0.3 is 5.32 Å². The number of thioether (sulfide) groups is 2. The van der Waals surface area contributed by atoms with Crippen LogP contribution in [0.1, 0.15) is 11.6 Å². The molecule has 0 bridgehead atoms. The zero-order valence-electron chi connectivity index (χ0n) is 16.3. The van der Waals surface area contributed by atoms with Crippen molar-refractivity contribution in [1.29, 1.82) is 0 Å². The van der Waals surface area contributed by atoms with Crippen LogP contribution in [0.5, 0.6) is 0 Å². The summed E-state index contributed by atoms with van der Waals surface area (Å²) in [6, 6.07) is 26.3. The number of amides is 1. The van der Waals surface area contributed by atoms with Crippen LogP contribution < -0.4 is 10.2 Å². The first-order valence-corrected chi connectivity index (χ1v) is 11.8. The molecule has 1 heterocycles. The van der Waals surface area contributed by atoms with E-state index in [1.54, 1.807) is 23.5 Å². The van der Waals surface area contributed by atoms with Crippen molar-refractivity contribution in [3.8, 4) is 0 Å². The molecule has 0 radical (unpaired) electrons. The smallest absolute Gasteiger partial charge is 0.275 e. The van der Waals surface area contributed by atoms with Crippen molar-refractivity contribution in [2.75, 3.05) is 22.7 Å². The Kier molecular flexibility index (Phi) is 5.97. The van der Waals surface area contributed by atoms with Crippen LogP contribution >= 0.6 is 23.5 Å². The predicted molar refractivity (Wildman–Crippen MR) is 125 cm³/mol. The normalized spacial score (nSPS) is 16.1. The lowest BCUT2D eigenvalue weighted by Crippen LogP contribution is -2.30. The monoisotopic (exact) mass is 418 g/mol. The molecule has 3 aromatic carbocycles. The van der Waals surface area contributed by atoms with Crippen molar-refractivity contribution in [1.82, 2.24) is 0 Å². The third-order valence-corrected chi connectivity index (χ3v) is 6.32. The second kappa shape index (κ2) is 8.80. The molecule has 5 heteroatoms. The van der Waals surface area contributed by atoms with Gasteiger partial charge in [-0.25, -0.2) is 0 Å². The molecule has 0 aliphatic carbocycles. The Bertz CT molecular complexity index is 1050. The van der Waals surface area contributed by atoms with Crippen molar-refractivity contribution < 1.29 is 4.79 Å². The fraction of sp³-hybridized carbons (Fsp3) is 0.125. The third-order valence-electron chi connectivity index (χ3n) is 4.87. The molecule has 3 nitrogen and oxygen atoms in total. The average molecular weight is 419 g/mol. The molecule has 29 heavy (non-hydrogen) atoms. The van der Waals surface area contributed by atoms with E-state index in [0.29, 0.717) is 5.70 Å². The number of carbonyl (C=O) groups excluding carboxylic acids is 1. The Morgan fingerprint density at radius 3 is 2.24 bits per heavy atom. The summed E-state index contributed by atoms with van der Waals surface area (Å²) in [4.78, 5) is 17.6. The standard InChI is InChI=1S/C24H22N2OS2/c1-28-20-12-6-10-18(14-20)25-22-16-23(17-8-4-3-5-9-17)26(24(22)27)19-11-7-13-21(15-19)29-2/h3-16,23,25H,1-2H3/t23-/m0/s1. The summed E-state index contributed by atoms with van der Waals surface area (Å²) in [6.45, 7) is 0. The topological polar surface area (TPSA) is 32.3 Å². The van der Waals surface area contributed by atoms with Crippen LogP contribution in [-0.4, -0.2) is 18.4 Å². The van der Waals surface area contributed by atoms with E-state index in [1.165, 1.54) is 0 Å². The van der Waals surface area contributed by atoms with Crippen LogP contribution in [0.2, 0.25) is 0 Å². The number of nitrogens with one attached hydrogen (secondary N) is 1. The van der Waals surface area contributed by atoms with Crippen molar-refractivity contribution in [2.24, 2.45) is 0 Å². The molecule has 146 valence electrons. The minimum atomic E-state index is -0.146. The second-order valence-electron chi connectivity index (χ2n) is 6.67. The van der Waals surface area contributed by atoms with Crippen LogP contribution in [-0.2, 0) is 4.79 Å². The molecule has 4 rings (SSSR count). The highest BCUT2D eigenvalue weighted by Crippen LogP contribution is 2.37. The molecule has 0 saturated carbocycles. The van der Waals surface area contributed by atoms with Gasteiger partial charge in [-0.15, -0.1) is 23.5 Å². The molecule has 1 N–H and O–H groups in total. The van der Waals surface area contributed by atoms with Crippen molar-refractivity contribution >= 4 is 40.8 Å². The molecule has 0 fully saturated rings. The van der Waals surface area contributed by atoms with Gasteiger partial charge in [0.05, 0.1) is 6.04 Å². The Labute approximate surface area is 180 Å². The van der Waals surface area contributed by atoms with E-state index in [2.05, 4.69) is 41.7 Å². The predicted octanol–water partition coefficient (Wildman–Crippen LogP) is 6.21. The van der Waals surface area contributed by atoms with E-state index in [9.17, 15) is 4.79 Å². The zero-order chi connectivity index (χ0) is 20.2. The van der Waals surface area contributed by atoms with Crippen LogP contribution in [0.4, 0.5) is 11.4 Å². The van der Waals surface area contributed by atoms with Gasteiger partial charge in [-0.1, -0.05) is 42.5 Å². The first-order chi connectivity index (χ1) is 14.2. The molecule has 0 saturated heterocycles. The fourth-order valence-corrected chi connectivity index (χ4v) is 4.36. The van der Waals surface area contributed by atoms with E-state index in [1.807, 2.05) is 66.0 Å². The van der Waals surface area contributed by atoms with Gasteiger partial charge in [-0.3, -0.25) is 9.69 Å². The Hall–Kier alpha value is -2.63. The molecule has 3 aromatic rings. The number of hydrogen-bond donors (Lipinski definition) is 1. The SMILES string of the molecule is CSc1cccc(NC2=C[C@@H](c3ccccc3)N(c3cccc(SC)c3)C2=O)c1. The van der Waals surface area contributed by atoms with Crippen molar-refractivity contribution in [3.63, 3.8) is 0 Å². The van der Waals surface area contributed by atoms with E-state index in [4.69, 9.17) is 0 Å². The molecule has 0 spiro atoms. The zero-order valence-corrected chi connectivity index (χ0v) is 18.0. The molecule has 1 atom stereocenters. The van der Waals surface area contributed by atoms with E-state index < -0.39 is 0 Å². The highest BCUT2D eigenvalue weighted by Gasteiger charge is 2.34. The highest BCUT2D eigenvalue weighted by atomic mass is 32.2. The number of hydrogen-bond acceptors (Lipinski definition) is 4. The highest BCUT2D eigenvalue weighted by molar-refractivity contribution is 7.98. The summed E-state index contributed by atoms with van der Waals surface area (Å²) >= 11 is 3.36. The maximum atomic E-state index is 13.4. The average Bonchev–Trinajstić information content (AvgIpc) is 3.10. The van der Waals surface area contributed by atoms with Gasteiger partial charge in [0.1, 0.15) is 5.70 Å². The molecular formula is C24H22N2OS2. The second-order valence-corrected chi connectivity index (χ2v) is 8.43. The lowest BCUT2D eigenvalue weighted by molar-refractivity contribution is -0.114. The summed E-state index contributed by atoms with van der Waals surface area (Å²) < 4.78 is 0. The maximum Gasteiger partial charge on any atom is 0.275 e. The van der Waals surface area contributed by atoms with Crippen LogP contribution in [0.3, 0.4) is 0 Å². The van der Waals surface area contributed by atoms with Gasteiger partial charge in [0.2, 0.25) is 0 Å². The number of rotatable bonds is 6. The fourth-order valence-electron chi connectivity index (χ4n) is 3.44. The summed E-state index contributed by atoms with van der Waals surface area (Å²) in [5.41, 5.74) is 3.52.